The normalized spacial score (nSPS) is 11.7. The highest BCUT2D eigenvalue weighted by Crippen LogP contribution is 2.11. The number of hydrogen-bond donors (Lipinski definition) is 1. The van der Waals surface area contributed by atoms with Crippen molar-refractivity contribution in [3.05, 3.63) is 59.9 Å². The van der Waals surface area contributed by atoms with Crippen molar-refractivity contribution >= 4 is 5.91 Å². The highest BCUT2D eigenvalue weighted by Gasteiger charge is 2.09. The highest BCUT2D eigenvalue weighted by atomic mass is 16.5. The molecular formula is C16H18N2O2. The van der Waals surface area contributed by atoms with E-state index in [2.05, 4.69) is 10.3 Å². The Labute approximate surface area is 118 Å². The summed E-state index contributed by atoms with van der Waals surface area (Å²) >= 11 is 0. The molecule has 0 aliphatic rings. The van der Waals surface area contributed by atoms with Crippen LogP contribution in [0.4, 0.5) is 0 Å². The molecule has 4 nitrogen and oxygen atoms in total. The number of nitrogens with zero attached hydrogens (tertiary/aromatic N) is 1. The topological polar surface area (TPSA) is 51.2 Å². The molecule has 0 bridgehead atoms. The third kappa shape index (κ3) is 4.09. The summed E-state index contributed by atoms with van der Waals surface area (Å²) in [4.78, 5) is 15.9. The summed E-state index contributed by atoms with van der Waals surface area (Å²) in [6, 6.07) is 13.4. The van der Waals surface area contributed by atoms with Gasteiger partial charge in [0, 0.05) is 5.69 Å². The molecule has 0 fully saturated rings. The van der Waals surface area contributed by atoms with Crippen LogP contribution in [0.3, 0.4) is 0 Å². The maximum atomic E-state index is 11.8. The standard InChI is InChI=1S/C16H18N2O2/c1-12-8-9-15(10-17-12)20-11-16(19)18-13(2)14-6-4-3-5-7-14/h3-10,13H,11H2,1-2H3,(H,18,19). The van der Waals surface area contributed by atoms with E-state index in [1.54, 1.807) is 12.3 Å². The number of aromatic nitrogens is 1. The SMILES string of the molecule is Cc1ccc(OCC(=O)NC(C)c2ccccc2)cn1. The molecule has 1 unspecified atom stereocenters. The first kappa shape index (κ1) is 14.1. The second kappa shape index (κ2) is 6.70. The van der Waals surface area contributed by atoms with E-state index in [0.29, 0.717) is 5.75 Å². The van der Waals surface area contributed by atoms with E-state index in [1.807, 2.05) is 50.2 Å². The molecule has 1 amide bonds. The van der Waals surface area contributed by atoms with Gasteiger partial charge >= 0.3 is 0 Å². The van der Waals surface area contributed by atoms with Gasteiger partial charge in [-0.25, -0.2) is 0 Å². The molecule has 0 aliphatic carbocycles. The summed E-state index contributed by atoms with van der Waals surface area (Å²) in [5.74, 6) is 0.444. The monoisotopic (exact) mass is 270 g/mol. The first-order valence-electron chi connectivity index (χ1n) is 6.55. The number of carbonyl (C=O) groups is 1. The number of carbonyl (C=O) groups excluding carboxylic acids is 1. The molecule has 1 atom stereocenters. The lowest BCUT2D eigenvalue weighted by molar-refractivity contribution is -0.123. The Kier molecular flexibility index (Phi) is 4.71. The minimum atomic E-state index is -0.151. The van der Waals surface area contributed by atoms with E-state index >= 15 is 0 Å². The number of hydrogen-bond acceptors (Lipinski definition) is 3. The smallest absolute Gasteiger partial charge is 0.258 e. The molecule has 1 aromatic heterocycles. The van der Waals surface area contributed by atoms with Crippen molar-refractivity contribution in [2.24, 2.45) is 0 Å². The number of benzene rings is 1. The number of rotatable bonds is 5. The fourth-order valence-electron chi connectivity index (χ4n) is 1.80. The van der Waals surface area contributed by atoms with Crippen LogP contribution in [-0.4, -0.2) is 17.5 Å². The van der Waals surface area contributed by atoms with Gasteiger partial charge in [-0.15, -0.1) is 0 Å². The van der Waals surface area contributed by atoms with Crippen LogP contribution in [0.15, 0.2) is 48.7 Å². The van der Waals surface area contributed by atoms with Gasteiger partial charge in [-0.1, -0.05) is 30.3 Å². The summed E-state index contributed by atoms with van der Waals surface area (Å²) in [6.07, 6.45) is 1.61. The predicted molar refractivity (Wildman–Crippen MR) is 77.5 cm³/mol. The van der Waals surface area contributed by atoms with Gasteiger partial charge in [0.05, 0.1) is 12.2 Å². The Hall–Kier alpha value is -2.36. The van der Waals surface area contributed by atoms with Gasteiger partial charge in [-0.05, 0) is 31.5 Å². The van der Waals surface area contributed by atoms with Gasteiger partial charge in [0.1, 0.15) is 5.75 Å². The Morgan fingerprint density at radius 3 is 2.65 bits per heavy atom. The minimum Gasteiger partial charge on any atom is -0.482 e. The van der Waals surface area contributed by atoms with Crippen molar-refractivity contribution in [2.75, 3.05) is 6.61 Å². The van der Waals surface area contributed by atoms with E-state index < -0.39 is 0 Å². The van der Waals surface area contributed by atoms with Crippen LogP contribution in [0.1, 0.15) is 24.2 Å². The highest BCUT2D eigenvalue weighted by molar-refractivity contribution is 5.78. The Balaban J connectivity index is 1.82. The van der Waals surface area contributed by atoms with Crippen LogP contribution in [0, 0.1) is 6.92 Å². The first-order chi connectivity index (χ1) is 9.65. The third-order valence-corrected chi connectivity index (χ3v) is 2.93. The maximum absolute atomic E-state index is 11.8. The van der Waals surface area contributed by atoms with Crippen LogP contribution in [0.2, 0.25) is 0 Å². The predicted octanol–water partition coefficient (Wildman–Crippen LogP) is 2.65. The number of aryl methyl sites for hydroxylation is 1. The van der Waals surface area contributed by atoms with Gasteiger partial charge in [0.15, 0.2) is 6.61 Å². The fraction of sp³-hybridized carbons (Fsp3) is 0.250. The zero-order valence-electron chi connectivity index (χ0n) is 11.7. The van der Waals surface area contributed by atoms with Crippen molar-refractivity contribution in [3.63, 3.8) is 0 Å². The molecule has 0 saturated carbocycles. The number of ether oxygens (including phenoxy) is 1. The summed E-state index contributed by atoms with van der Waals surface area (Å²) in [7, 11) is 0. The van der Waals surface area contributed by atoms with E-state index in [-0.39, 0.29) is 18.6 Å². The molecule has 0 radical (unpaired) electrons. The zero-order valence-corrected chi connectivity index (χ0v) is 11.7. The Morgan fingerprint density at radius 1 is 1.25 bits per heavy atom. The maximum Gasteiger partial charge on any atom is 0.258 e. The van der Waals surface area contributed by atoms with Crippen LogP contribution in [-0.2, 0) is 4.79 Å². The molecule has 1 N–H and O–H groups in total. The molecule has 20 heavy (non-hydrogen) atoms. The van der Waals surface area contributed by atoms with Crippen molar-refractivity contribution in [1.82, 2.24) is 10.3 Å². The molecule has 1 heterocycles. The lowest BCUT2D eigenvalue weighted by Crippen LogP contribution is -2.31. The fourth-order valence-corrected chi connectivity index (χ4v) is 1.80. The Bertz CT molecular complexity index is 552. The molecule has 4 heteroatoms. The number of nitrogens with one attached hydrogen (secondary N) is 1. The molecular weight excluding hydrogens is 252 g/mol. The van der Waals surface area contributed by atoms with Crippen molar-refractivity contribution < 1.29 is 9.53 Å². The molecule has 0 saturated heterocycles. The molecule has 1 aromatic carbocycles. The van der Waals surface area contributed by atoms with Crippen molar-refractivity contribution in [2.45, 2.75) is 19.9 Å². The summed E-state index contributed by atoms with van der Waals surface area (Å²) in [5.41, 5.74) is 1.98. The van der Waals surface area contributed by atoms with Crippen LogP contribution in [0.5, 0.6) is 5.75 Å². The Morgan fingerprint density at radius 2 is 2.00 bits per heavy atom. The second-order valence-corrected chi connectivity index (χ2v) is 4.62. The summed E-state index contributed by atoms with van der Waals surface area (Å²) in [6.45, 7) is 3.83. The van der Waals surface area contributed by atoms with E-state index in [9.17, 15) is 4.79 Å². The minimum absolute atomic E-state index is 0.0120. The van der Waals surface area contributed by atoms with E-state index in [1.165, 1.54) is 0 Å². The van der Waals surface area contributed by atoms with E-state index in [4.69, 9.17) is 4.74 Å². The largest absolute Gasteiger partial charge is 0.482 e. The quantitative estimate of drug-likeness (QED) is 0.908. The molecule has 104 valence electrons. The van der Waals surface area contributed by atoms with Gasteiger partial charge in [-0.2, -0.15) is 0 Å². The molecule has 2 aromatic rings. The van der Waals surface area contributed by atoms with Gasteiger partial charge < -0.3 is 10.1 Å². The van der Waals surface area contributed by atoms with Gasteiger partial charge in [0.2, 0.25) is 0 Å². The third-order valence-electron chi connectivity index (χ3n) is 2.93. The average molecular weight is 270 g/mol. The number of amides is 1. The van der Waals surface area contributed by atoms with Crippen LogP contribution >= 0.6 is 0 Å². The van der Waals surface area contributed by atoms with E-state index in [0.717, 1.165) is 11.3 Å². The first-order valence-corrected chi connectivity index (χ1v) is 6.55. The van der Waals surface area contributed by atoms with Crippen LogP contribution in [0.25, 0.3) is 0 Å². The lowest BCUT2D eigenvalue weighted by atomic mass is 10.1. The van der Waals surface area contributed by atoms with Gasteiger partial charge in [0.25, 0.3) is 5.91 Å². The molecule has 2 rings (SSSR count). The van der Waals surface area contributed by atoms with Crippen molar-refractivity contribution in [1.29, 1.82) is 0 Å². The molecule has 0 aliphatic heterocycles. The molecule has 0 spiro atoms. The van der Waals surface area contributed by atoms with Crippen LogP contribution < -0.4 is 10.1 Å². The zero-order chi connectivity index (χ0) is 14.4. The average Bonchev–Trinajstić information content (AvgIpc) is 2.47. The second-order valence-electron chi connectivity index (χ2n) is 4.62. The number of pyridine rings is 1. The summed E-state index contributed by atoms with van der Waals surface area (Å²) < 4.78 is 5.38. The lowest BCUT2D eigenvalue weighted by Gasteiger charge is -2.14. The van der Waals surface area contributed by atoms with Gasteiger partial charge in [-0.3, -0.25) is 9.78 Å². The summed E-state index contributed by atoms with van der Waals surface area (Å²) in [5, 5.41) is 2.89. The van der Waals surface area contributed by atoms with Crippen molar-refractivity contribution in [3.8, 4) is 5.75 Å².